The van der Waals surface area contributed by atoms with Crippen LogP contribution in [0, 0.1) is 0 Å². The van der Waals surface area contributed by atoms with Gasteiger partial charge in [0.1, 0.15) is 0 Å². The summed E-state index contributed by atoms with van der Waals surface area (Å²) in [5, 5.41) is 0. The summed E-state index contributed by atoms with van der Waals surface area (Å²) < 4.78 is 2.36. The summed E-state index contributed by atoms with van der Waals surface area (Å²) in [5.41, 5.74) is 3.07. The number of rotatable bonds is 2. The zero-order valence-corrected chi connectivity index (χ0v) is 13.0. The van der Waals surface area contributed by atoms with Gasteiger partial charge in [-0.25, -0.2) is 0 Å². The van der Waals surface area contributed by atoms with E-state index in [-0.39, 0.29) is 0 Å². The molecule has 2 heterocycles. The van der Waals surface area contributed by atoms with Gasteiger partial charge in [-0.15, -0.1) is 0 Å². The number of benzene rings is 1. The minimum atomic E-state index is 0.840. The Balaban J connectivity index is 1.92. The topological polar surface area (TPSA) is 0 Å². The van der Waals surface area contributed by atoms with E-state index in [0.29, 0.717) is 0 Å². The van der Waals surface area contributed by atoms with Crippen molar-refractivity contribution in [1.29, 1.82) is 0 Å². The molecule has 3 rings (SSSR count). The molecule has 0 N–H and O–H groups in total. The van der Waals surface area contributed by atoms with E-state index in [1.54, 1.807) is 5.47 Å². The van der Waals surface area contributed by atoms with E-state index in [1.807, 2.05) is 0 Å². The Labute approximate surface area is 124 Å². The molecule has 2 saturated heterocycles. The number of hydrogen-bond acceptors (Lipinski definition) is 0. The molecular weight excluding hydrogens is 330 g/mol. The second kappa shape index (κ2) is 5.81. The van der Waals surface area contributed by atoms with E-state index in [0.717, 1.165) is 18.3 Å². The van der Waals surface area contributed by atoms with Crippen molar-refractivity contribution in [3.63, 3.8) is 0 Å². The summed E-state index contributed by atoms with van der Waals surface area (Å²) in [4.78, 5) is 0. The zero-order chi connectivity index (χ0) is 12.4. The fourth-order valence-electron chi connectivity index (χ4n) is 4.14. The zero-order valence-electron chi connectivity index (χ0n) is 10.8. The van der Waals surface area contributed by atoms with Gasteiger partial charge in [0, 0.05) is 0 Å². The van der Waals surface area contributed by atoms with Crippen molar-refractivity contribution in [2.75, 3.05) is 0 Å². The van der Waals surface area contributed by atoms with Crippen molar-refractivity contribution in [3.05, 3.63) is 40.0 Å². The Morgan fingerprint density at radius 3 is 2.06 bits per heavy atom. The molecule has 2 bridgehead atoms. The first kappa shape index (κ1) is 12.8. The fraction of sp³-hybridized carbons (Fsp3) is 0.500. The first-order valence-corrected chi connectivity index (χ1v) is 8.50. The molecule has 2 aliphatic heterocycles. The maximum atomic E-state index is 2.45. The smallest absolute Gasteiger partial charge is 0.0664 e. The van der Waals surface area contributed by atoms with Crippen molar-refractivity contribution in [2.24, 2.45) is 0 Å². The van der Waals surface area contributed by atoms with Crippen LogP contribution in [0.3, 0.4) is 0 Å². The van der Waals surface area contributed by atoms with Gasteiger partial charge in [-0.3, -0.25) is 0 Å². The molecule has 0 unspecified atom stereocenters. The molecule has 0 nitrogen and oxygen atoms in total. The number of fused-ring (bicyclic) bond motifs is 2. The van der Waals surface area contributed by atoms with Gasteiger partial charge in [-0.05, 0) is 9.65 Å². The third-order valence-electron chi connectivity index (χ3n) is 4.90. The summed E-state index contributed by atoms with van der Waals surface area (Å²) in [5.74, 6) is 1.91. The summed E-state index contributed by atoms with van der Waals surface area (Å²) in [6.07, 6.45) is 8.78. The van der Waals surface area contributed by atoms with E-state index in [4.69, 9.17) is 0 Å². The molecule has 1 aromatic rings. The highest BCUT2D eigenvalue weighted by molar-refractivity contribution is 14.1. The van der Waals surface area contributed by atoms with Crippen LogP contribution in [-0.2, 0) is 0 Å². The van der Waals surface area contributed by atoms with Crippen LogP contribution in [0.5, 0.6) is 0 Å². The van der Waals surface area contributed by atoms with E-state index in [9.17, 15) is 0 Å². The molecule has 0 atom stereocenters. The summed E-state index contributed by atoms with van der Waals surface area (Å²) in [6.45, 7) is 0.840. The van der Waals surface area contributed by atoms with Crippen LogP contribution >= 0.6 is 22.6 Å². The van der Waals surface area contributed by atoms with E-state index in [1.165, 1.54) is 44.1 Å². The second-order valence-corrected chi connectivity index (χ2v) is 6.46. The predicted molar refractivity (Wildman–Crippen MR) is 89.4 cm³/mol. The van der Waals surface area contributed by atoms with Crippen LogP contribution in [0.15, 0.2) is 34.4 Å². The quantitative estimate of drug-likeness (QED) is 0.481. The van der Waals surface area contributed by atoms with Gasteiger partial charge >= 0.3 is 0 Å². The Morgan fingerprint density at radius 2 is 1.56 bits per heavy atom. The first-order valence-electron chi connectivity index (χ1n) is 7.26. The Hall–Kier alpha value is -0.245. The normalized spacial score (nSPS) is 28.3. The van der Waals surface area contributed by atoms with E-state index >= 15 is 0 Å². The third kappa shape index (κ3) is 2.41. The minimum Gasteiger partial charge on any atom is -0.0664 e. The highest BCUT2D eigenvalue weighted by atomic mass is 127. The Bertz CT molecular complexity index is 404. The van der Waals surface area contributed by atoms with Gasteiger partial charge in [0.05, 0.1) is 0 Å². The highest BCUT2D eigenvalue weighted by Crippen LogP contribution is 2.50. The minimum absolute atomic E-state index is 0.840. The SMILES string of the molecule is I/C=C(\B1C2CCCC1CCC2)c1ccccc1. The molecule has 1 aromatic carbocycles. The average Bonchev–Trinajstić information content (AvgIpc) is 2.40. The average molecular weight is 350 g/mol. The molecule has 0 radical (unpaired) electrons. The van der Waals surface area contributed by atoms with Crippen LogP contribution in [-0.4, -0.2) is 6.71 Å². The van der Waals surface area contributed by atoms with E-state index < -0.39 is 0 Å². The van der Waals surface area contributed by atoms with Crippen LogP contribution in [0.4, 0.5) is 0 Å². The Morgan fingerprint density at radius 1 is 1.00 bits per heavy atom. The lowest BCUT2D eigenvalue weighted by atomic mass is 9.24. The van der Waals surface area contributed by atoms with Crippen LogP contribution < -0.4 is 0 Å². The van der Waals surface area contributed by atoms with Crippen molar-refractivity contribution < 1.29 is 0 Å². The molecule has 0 saturated carbocycles. The van der Waals surface area contributed by atoms with Crippen molar-refractivity contribution in [1.82, 2.24) is 0 Å². The standard InChI is InChI=1S/C16H20BI/c18-12-16(13-6-2-1-3-7-13)17-14-8-4-9-15(17)11-5-10-14/h1-3,6-7,12,14-15H,4-5,8-11H2/b16-12-. The van der Waals surface area contributed by atoms with Crippen molar-refractivity contribution in [3.8, 4) is 0 Å². The maximum Gasteiger partial charge on any atom is 0.183 e. The monoisotopic (exact) mass is 350 g/mol. The molecule has 0 spiro atoms. The molecule has 2 fully saturated rings. The van der Waals surface area contributed by atoms with Crippen LogP contribution in [0.1, 0.15) is 44.1 Å². The van der Waals surface area contributed by atoms with Gasteiger partial charge in [-0.1, -0.05) is 109 Å². The lowest BCUT2D eigenvalue weighted by Gasteiger charge is -2.41. The number of halogens is 1. The lowest BCUT2D eigenvalue weighted by molar-refractivity contribution is 0.448. The van der Waals surface area contributed by atoms with Gasteiger partial charge < -0.3 is 0 Å². The van der Waals surface area contributed by atoms with E-state index in [2.05, 4.69) is 57.0 Å². The van der Waals surface area contributed by atoms with Crippen molar-refractivity contribution >= 4 is 34.8 Å². The van der Waals surface area contributed by atoms with Gasteiger partial charge in [0.2, 0.25) is 0 Å². The van der Waals surface area contributed by atoms with Gasteiger partial charge in [0.25, 0.3) is 0 Å². The molecule has 2 heteroatoms. The van der Waals surface area contributed by atoms with Crippen LogP contribution in [0.2, 0.25) is 11.6 Å². The van der Waals surface area contributed by atoms with Gasteiger partial charge in [-0.2, -0.15) is 0 Å². The molecule has 0 aromatic heterocycles. The number of hydrogen-bond donors (Lipinski definition) is 0. The maximum absolute atomic E-state index is 2.45. The summed E-state index contributed by atoms with van der Waals surface area (Å²) >= 11 is 2.45. The Kier molecular flexibility index (Phi) is 4.12. The molecule has 0 aliphatic carbocycles. The predicted octanol–water partition coefficient (Wildman–Crippen LogP) is 5.60. The highest BCUT2D eigenvalue weighted by Gasteiger charge is 2.41. The third-order valence-corrected chi connectivity index (χ3v) is 5.57. The molecular formula is C16H20BI. The second-order valence-electron chi connectivity index (χ2n) is 5.84. The molecule has 0 amide bonds. The van der Waals surface area contributed by atoms with Crippen LogP contribution in [0.25, 0.3) is 5.47 Å². The molecule has 18 heavy (non-hydrogen) atoms. The fourth-order valence-corrected chi connectivity index (χ4v) is 4.92. The summed E-state index contributed by atoms with van der Waals surface area (Å²) in [7, 11) is 0. The van der Waals surface area contributed by atoms with Crippen molar-refractivity contribution in [2.45, 2.75) is 50.2 Å². The molecule has 2 aliphatic rings. The largest absolute Gasteiger partial charge is 0.183 e. The van der Waals surface area contributed by atoms with Gasteiger partial charge in [0.15, 0.2) is 6.71 Å². The molecule has 94 valence electrons. The first-order chi connectivity index (χ1) is 8.90. The lowest BCUT2D eigenvalue weighted by Crippen LogP contribution is -2.35. The summed E-state index contributed by atoms with van der Waals surface area (Å²) in [6, 6.07) is 11.0.